The molecular formula is C45H88NO7P. The zero-order valence-corrected chi connectivity index (χ0v) is 36.4. The second-order valence-corrected chi connectivity index (χ2v) is 16.8. The van der Waals surface area contributed by atoms with E-state index in [4.69, 9.17) is 24.3 Å². The minimum Gasteiger partial charge on any atom is -0.492 e. The molecule has 2 unspecified atom stereocenters. The zero-order chi connectivity index (χ0) is 39.5. The summed E-state index contributed by atoms with van der Waals surface area (Å²) in [5.74, 6) is -0.288. The molecule has 0 aromatic rings. The van der Waals surface area contributed by atoms with E-state index in [-0.39, 0.29) is 32.3 Å². The van der Waals surface area contributed by atoms with Crippen molar-refractivity contribution in [3.63, 3.8) is 0 Å². The average molecular weight is 786 g/mol. The Morgan fingerprint density at radius 2 is 0.944 bits per heavy atom. The number of hydrogen-bond donors (Lipinski definition) is 2. The maximum atomic E-state index is 12.4. The lowest BCUT2D eigenvalue weighted by Crippen LogP contribution is -2.25. The second-order valence-electron chi connectivity index (χ2n) is 15.3. The largest absolute Gasteiger partial charge is 0.492 e. The highest BCUT2D eigenvalue weighted by molar-refractivity contribution is 7.47. The number of hydrogen-bond acceptors (Lipinski definition) is 7. The number of ether oxygens (including phenoxy) is 2. The van der Waals surface area contributed by atoms with Crippen LogP contribution in [-0.4, -0.2) is 43.3 Å². The third-order valence-electron chi connectivity index (χ3n) is 9.96. The Balaban J connectivity index is 3.97. The molecule has 0 spiro atoms. The number of carbonyl (C=O) groups is 1. The van der Waals surface area contributed by atoms with Crippen molar-refractivity contribution in [2.24, 2.45) is 5.73 Å². The minimum absolute atomic E-state index is 0.0609. The van der Waals surface area contributed by atoms with Gasteiger partial charge in [-0.05, 0) is 51.0 Å². The molecule has 0 amide bonds. The van der Waals surface area contributed by atoms with E-state index in [1.165, 1.54) is 173 Å². The van der Waals surface area contributed by atoms with Crippen molar-refractivity contribution < 1.29 is 32.8 Å². The lowest BCUT2D eigenvalue weighted by Gasteiger charge is -2.19. The van der Waals surface area contributed by atoms with E-state index < -0.39 is 13.9 Å². The minimum atomic E-state index is -4.26. The van der Waals surface area contributed by atoms with Gasteiger partial charge in [0.1, 0.15) is 6.61 Å². The molecule has 0 bridgehead atoms. The smallest absolute Gasteiger partial charge is 0.472 e. The third kappa shape index (κ3) is 42.0. The zero-order valence-electron chi connectivity index (χ0n) is 35.5. The van der Waals surface area contributed by atoms with Crippen molar-refractivity contribution in [2.45, 2.75) is 232 Å². The molecule has 0 rings (SSSR count). The van der Waals surface area contributed by atoms with Gasteiger partial charge in [0.15, 0.2) is 6.10 Å². The summed E-state index contributed by atoms with van der Waals surface area (Å²) in [4.78, 5) is 22.3. The molecule has 0 fully saturated rings. The van der Waals surface area contributed by atoms with E-state index in [1.807, 2.05) is 6.08 Å². The number of nitrogens with two attached hydrogens (primary N) is 1. The highest BCUT2D eigenvalue weighted by Crippen LogP contribution is 2.43. The Morgan fingerprint density at radius 1 is 0.556 bits per heavy atom. The van der Waals surface area contributed by atoms with Gasteiger partial charge in [0.2, 0.25) is 0 Å². The van der Waals surface area contributed by atoms with E-state index in [0.29, 0.717) is 6.42 Å². The van der Waals surface area contributed by atoms with Gasteiger partial charge in [-0.3, -0.25) is 13.8 Å². The van der Waals surface area contributed by atoms with Gasteiger partial charge in [-0.15, -0.1) is 0 Å². The predicted molar refractivity (Wildman–Crippen MR) is 229 cm³/mol. The van der Waals surface area contributed by atoms with Crippen LogP contribution in [0, 0.1) is 0 Å². The predicted octanol–water partition coefficient (Wildman–Crippen LogP) is 14.0. The molecule has 0 aliphatic heterocycles. The van der Waals surface area contributed by atoms with Gasteiger partial charge in [-0.1, -0.05) is 187 Å². The summed E-state index contributed by atoms with van der Waals surface area (Å²) >= 11 is 0. The molecule has 0 heterocycles. The number of rotatable bonds is 44. The first kappa shape index (κ1) is 52.8. The summed E-state index contributed by atoms with van der Waals surface area (Å²) in [7, 11) is -4.26. The van der Waals surface area contributed by atoms with Crippen molar-refractivity contribution in [1.29, 1.82) is 0 Å². The van der Waals surface area contributed by atoms with Crippen LogP contribution in [0.1, 0.15) is 226 Å². The number of carbonyl (C=O) groups excluding carboxylic acids is 1. The number of unbranched alkanes of at least 4 members (excludes halogenated alkanes) is 29. The Morgan fingerprint density at radius 3 is 1.37 bits per heavy atom. The van der Waals surface area contributed by atoms with Gasteiger partial charge in [0.05, 0.1) is 19.5 Å². The van der Waals surface area contributed by atoms with Gasteiger partial charge >= 0.3 is 13.8 Å². The van der Waals surface area contributed by atoms with Crippen molar-refractivity contribution >= 4 is 13.8 Å². The third-order valence-corrected chi connectivity index (χ3v) is 10.9. The summed E-state index contributed by atoms with van der Waals surface area (Å²) in [5.41, 5.74) is 5.37. The van der Waals surface area contributed by atoms with Gasteiger partial charge in [-0.2, -0.15) is 0 Å². The van der Waals surface area contributed by atoms with E-state index >= 15 is 0 Å². The molecule has 0 saturated carbocycles. The van der Waals surface area contributed by atoms with Crippen LogP contribution in [0.4, 0.5) is 0 Å². The van der Waals surface area contributed by atoms with Crippen LogP contribution in [-0.2, 0) is 27.9 Å². The normalized spacial score (nSPS) is 13.6. The average Bonchev–Trinajstić information content (AvgIpc) is 3.16. The fraction of sp³-hybridized carbons (Fsp3) is 0.889. The fourth-order valence-corrected chi connectivity index (χ4v) is 7.27. The molecule has 0 radical (unpaired) electrons. The Kier molecular flexibility index (Phi) is 42.0. The van der Waals surface area contributed by atoms with Crippen LogP contribution in [0.25, 0.3) is 0 Å². The molecule has 2 atom stereocenters. The molecule has 8 nitrogen and oxygen atoms in total. The Bertz CT molecular complexity index is 884. The van der Waals surface area contributed by atoms with Crippen LogP contribution < -0.4 is 5.73 Å². The molecule has 3 N–H and O–H groups in total. The molecule has 0 aromatic carbocycles. The van der Waals surface area contributed by atoms with Crippen LogP contribution in [0.2, 0.25) is 0 Å². The maximum Gasteiger partial charge on any atom is 0.472 e. The molecule has 0 aliphatic carbocycles. The summed E-state index contributed by atoms with van der Waals surface area (Å²) in [6.07, 6.45) is 48.7. The lowest BCUT2D eigenvalue weighted by atomic mass is 10.0. The highest BCUT2D eigenvalue weighted by Gasteiger charge is 2.24. The maximum absolute atomic E-state index is 12.4. The topological polar surface area (TPSA) is 117 Å². The summed E-state index contributed by atoms with van der Waals surface area (Å²) in [6.45, 7) is 4.24. The quantitative estimate of drug-likeness (QED) is 0.0206. The summed E-state index contributed by atoms with van der Waals surface area (Å²) in [5, 5.41) is 0. The number of phosphoric ester groups is 1. The lowest BCUT2D eigenvalue weighted by molar-refractivity contribution is -0.147. The van der Waals surface area contributed by atoms with Gasteiger partial charge in [0.25, 0.3) is 0 Å². The fourth-order valence-electron chi connectivity index (χ4n) is 6.51. The first-order valence-corrected chi connectivity index (χ1v) is 24.4. The van der Waals surface area contributed by atoms with E-state index in [2.05, 4.69) is 26.0 Å². The molecular weight excluding hydrogens is 697 g/mol. The molecule has 0 saturated heterocycles. The molecule has 54 heavy (non-hydrogen) atoms. The summed E-state index contributed by atoms with van der Waals surface area (Å²) < 4.78 is 33.2. The van der Waals surface area contributed by atoms with Gasteiger partial charge < -0.3 is 20.1 Å². The highest BCUT2D eigenvalue weighted by atomic mass is 31.2. The van der Waals surface area contributed by atoms with Crippen molar-refractivity contribution in [3.05, 3.63) is 24.5 Å². The van der Waals surface area contributed by atoms with E-state index in [1.54, 1.807) is 6.26 Å². The standard InChI is InChI=1S/C45H88NO7P/c1-3-5-7-9-11-13-15-17-19-20-21-22-23-24-25-26-28-30-32-34-36-38-45(47)51-42-44(43-53-54(48,49)52-41-39-46)50-40-37-35-33-31-29-27-18-16-14-12-10-8-6-4-2/h17,19,37,40,44H,3-16,18,20-36,38-39,41-43,46H2,1-2H3,(H,48,49). The number of allylic oxidation sites excluding steroid dienone is 3. The number of esters is 1. The van der Waals surface area contributed by atoms with Crippen LogP contribution in [0.3, 0.4) is 0 Å². The van der Waals surface area contributed by atoms with Crippen molar-refractivity contribution in [1.82, 2.24) is 0 Å². The van der Waals surface area contributed by atoms with E-state index in [9.17, 15) is 14.3 Å². The van der Waals surface area contributed by atoms with Crippen molar-refractivity contribution in [3.8, 4) is 0 Å². The van der Waals surface area contributed by atoms with Gasteiger partial charge in [-0.25, -0.2) is 4.57 Å². The van der Waals surface area contributed by atoms with Crippen LogP contribution in [0.5, 0.6) is 0 Å². The first-order valence-electron chi connectivity index (χ1n) is 22.9. The number of phosphoric acid groups is 1. The second kappa shape index (κ2) is 43.0. The molecule has 9 heteroatoms. The SMILES string of the molecule is CCCCCCCCC=CCCCCCCCCCCCCCC(=O)OCC(COP(=O)(O)OCCN)OC=CCCCCCCCCCCCCCC. The Hall–Kier alpha value is -1.18. The van der Waals surface area contributed by atoms with Crippen LogP contribution in [0.15, 0.2) is 24.5 Å². The van der Waals surface area contributed by atoms with Crippen molar-refractivity contribution in [2.75, 3.05) is 26.4 Å². The summed E-state index contributed by atoms with van der Waals surface area (Å²) in [6, 6.07) is 0. The molecule has 0 aliphatic rings. The first-order chi connectivity index (χ1) is 26.4. The van der Waals surface area contributed by atoms with Gasteiger partial charge in [0, 0.05) is 13.0 Å². The van der Waals surface area contributed by atoms with Crippen LogP contribution >= 0.6 is 7.82 Å². The molecule has 320 valence electrons. The van der Waals surface area contributed by atoms with E-state index in [0.717, 1.165) is 32.1 Å². The Labute approximate surface area is 334 Å². The monoisotopic (exact) mass is 786 g/mol. The molecule has 0 aromatic heterocycles.